The highest BCUT2D eigenvalue weighted by Gasteiger charge is 2.24. The van der Waals surface area contributed by atoms with Crippen molar-refractivity contribution in [1.29, 1.82) is 0 Å². The molecule has 116 valence electrons. The van der Waals surface area contributed by atoms with Gasteiger partial charge in [-0.3, -0.25) is 4.79 Å². The number of benzene rings is 2. The van der Waals surface area contributed by atoms with Crippen LogP contribution in [0.2, 0.25) is 0 Å². The van der Waals surface area contributed by atoms with Crippen molar-refractivity contribution in [2.24, 2.45) is 0 Å². The van der Waals surface area contributed by atoms with Crippen molar-refractivity contribution in [3.63, 3.8) is 0 Å². The minimum absolute atomic E-state index is 0.0659. The van der Waals surface area contributed by atoms with Crippen molar-refractivity contribution < 1.29 is 4.79 Å². The van der Waals surface area contributed by atoms with Crippen molar-refractivity contribution >= 4 is 28.6 Å². The van der Waals surface area contributed by atoms with Crippen LogP contribution in [-0.4, -0.2) is 29.9 Å². The number of aromatic nitrogens is 1. The van der Waals surface area contributed by atoms with E-state index in [9.17, 15) is 4.79 Å². The number of hydrogen-bond donors (Lipinski definition) is 0. The lowest BCUT2D eigenvalue weighted by molar-refractivity contribution is -0.128. The van der Waals surface area contributed by atoms with E-state index in [4.69, 9.17) is 0 Å². The first-order valence-corrected chi connectivity index (χ1v) is 8.31. The molecule has 4 heteroatoms. The molecular weight excluding hydrogens is 304 g/mol. The Bertz CT molecular complexity index is 818. The molecule has 0 aliphatic carbocycles. The second-order valence-electron chi connectivity index (χ2n) is 5.48. The Kier molecular flexibility index (Phi) is 4.63. The molecule has 0 fully saturated rings. The zero-order valence-corrected chi connectivity index (χ0v) is 14.0. The molecule has 2 aromatic carbocycles. The molecule has 0 aliphatic rings. The molecule has 1 amide bonds. The molecule has 0 spiro atoms. The lowest BCUT2D eigenvalue weighted by atomic mass is 10.1. The molecule has 0 unspecified atom stereocenters. The van der Waals surface area contributed by atoms with Gasteiger partial charge in [-0.15, -0.1) is 0 Å². The normalized spacial score (nSPS) is 12.1. The number of carbonyl (C=O) groups excluding carboxylic acids is 1. The van der Waals surface area contributed by atoms with Crippen molar-refractivity contribution in [2.45, 2.75) is 10.3 Å². The summed E-state index contributed by atoms with van der Waals surface area (Å²) < 4.78 is 0. The van der Waals surface area contributed by atoms with E-state index in [1.54, 1.807) is 19.0 Å². The fourth-order valence-corrected chi connectivity index (χ4v) is 3.50. The summed E-state index contributed by atoms with van der Waals surface area (Å²) in [6.45, 7) is 0. The van der Waals surface area contributed by atoms with Gasteiger partial charge < -0.3 is 4.90 Å². The van der Waals surface area contributed by atoms with Gasteiger partial charge >= 0.3 is 0 Å². The third-order valence-corrected chi connectivity index (χ3v) is 4.76. The van der Waals surface area contributed by atoms with Crippen molar-refractivity contribution in [3.8, 4) is 0 Å². The van der Waals surface area contributed by atoms with Gasteiger partial charge in [-0.25, -0.2) is 4.98 Å². The quantitative estimate of drug-likeness (QED) is 0.676. The lowest BCUT2D eigenvalue weighted by Crippen LogP contribution is -2.26. The largest absolute Gasteiger partial charge is 0.348 e. The number of para-hydroxylation sites is 1. The van der Waals surface area contributed by atoms with E-state index in [0.717, 1.165) is 21.5 Å². The molecule has 1 atom stereocenters. The maximum Gasteiger partial charge on any atom is 0.240 e. The van der Waals surface area contributed by atoms with Crippen molar-refractivity contribution in [2.75, 3.05) is 14.1 Å². The molecule has 1 heterocycles. The summed E-state index contributed by atoms with van der Waals surface area (Å²) in [7, 11) is 3.57. The fraction of sp³-hybridized carbons (Fsp3) is 0.158. The molecule has 0 radical (unpaired) electrons. The van der Waals surface area contributed by atoms with Crippen LogP contribution in [0, 0.1) is 0 Å². The summed E-state index contributed by atoms with van der Waals surface area (Å²) in [5.41, 5.74) is 1.94. The zero-order chi connectivity index (χ0) is 16.2. The van der Waals surface area contributed by atoms with Crippen LogP contribution in [0.25, 0.3) is 10.9 Å². The molecule has 0 saturated carbocycles. The Hall–Kier alpha value is -2.33. The van der Waals surface area contributed by atoms with Crippen LogP contribution in [0.4, 0.5) is 0 Å². The Labute approximate surface area is 140 Å². The average molecular weight is 322 g/mol. The number of pyridine rings is 1. The first-order chi connectivity index (χ1) is 11.1. The maximum atomic E-state index is 12.6. The zero-order valence-electron chi connectivity index (χ0n) is 13.1. The van der Waals surface area contributed by atoms with Gasteiger partial charge in [-0.1, -0.05) is 66.4 Å². The summed E-state index contributed by atoms with van der Waals surface area (Å²) >= 11 is 1.49. The van der Waals surface area contributed by atoms with Gasteiger partial charge in [-0.2, -0.15) is 0 Å². The molecule has 0 N–H and O–H groups in total. The SMILES string of the molecule is CN(C)C(=O)[C@H](Sc1ccc2ccccc2n1)c1ccccc1. The Morgan fingerprint density at radius 2 is 1.65 bits per heavy atom. The number of nitrogens with zero attached hydrogens (tertiary/aromatic N) is 2. The standard InChI is InChI=1S/C19H18N2OS/c1-21(2)19(22)18(15-9-4-3-5-10-15)23-17-13-12-14-8-6-7-11-16(14)20-17/h3-13,18H,1-2H3/t18-/m1/s1. The Morgan fingerprint density at radius 1 is 0.957 bits per heavy atom. The van der Waals surface area contributed by atoms with Gasteiger partial charge in [0.2, 0.25) is 5.91 Å². The van der Waals surface area contributed by atoms with Gasteiger partial charge in [-0.05, 0) is 17.7 Å². The molecule has 23 heavy (non-hydrogen) atoms. The van der Waals surface area contributed by atoms with E-state index in [0.29, 0.717) is 0 Å². The fourth-order valence-electron chi connectivity index (χ4n) is 2.36. The third-order valence-electron chi connectivity index (χ3n) is 3.58. The van der Waals surface area contributed by atoms with Crippen LogP contribution in [0.15, 0.2) is 71.8 Å². The van der Waals surface area contributed by atoms with Gasteiger partial charge in [0.25, 0.3) is 0 Å². The topological polar surface area (TPSA) is 33.2 Å². The minimum Gasteiger partial charge on any atom is -0.348 e. The molecule has 0 aliphatic heterocycles. The summed E-state index contributed by atoms with van der Waals surface area (Å²) in [5, 5.41) is 1.67. The number of amides is 1. The number of hydrogen-bond acceptors (Lipinski definition) is 3. The first-order valence-electron chi connectivity index (χ1n) is 7.44. The molecule has 0 saturated heterocycles. The highest BCUT2D eigenvalue weighted by molar-refractivity contribution is 8.00. The molecule has 3 rings (SSSR count). The summed E-state index contributed by atoms with van der Waals surface area (Å²) in [6.07, 6.45) is 0. The Balaban J connectivity index is 1.95. The van der Waals surface area contributed by atoms with Crippen LogP contribution in [0.5, 0.6) is 0 Å². The predicted molar refractivity (Wildman–Crippen MR) is 95.5 cm³/mol. The minimum atomic E-state index is -0.292. The molecule has 3 aromatic rings. The van der Waals surface area contributed by atoms with Crippen LogP contribution in [-0.2, 0) is 4.79 Å². The summed E-state index contributed by atoms with van der Waals surface area (Å²) in [5.74, 6) is 0.0659. The number of rotatable bonds is 4. The van der Waals surface area contributed by atoms with Gasteiger partial charge in [0.05, 0.1) is 10.5 Å². The molecule has 0 bridgehead atoms. The smallest absolute Gasteiger partial charge is 0.240 e. The Morgan fingerprint density at radius 3 is 2.39 bits per heavy atom. The van der Waals surface area contributed by atoms with E-state index in [-0.39, 0.29) is 11.2 Å². The van der Waals surface area contributed by atoms with Crippen LogP contribution < -0.4 is 0 Å². The number of likely N-dealkylation sites (N-methyl/N-ethyl adjacent to an activating group) is 1. The number of thioether (sulfide) groups is 1. The van der Waals surface area contributed by atoms with Gasteiger partial charge in [0.1, 0.15) is 5.25 Å². The van der Waals surface area contributed by atoms with Crippen LogP contribution in [0.3, 0.4) is 0 Å². The maximum absolute atomic E-state index is 12.6. The highest BCUT2D eigenvalue weighted by Crippen LogP contribution is 2.36. The third kappa shape index (κ3) is 3.54. The van der Waals surface area contributed by atoms with E-state index in [2.05, 4.69) is 4.98 Å². The van der Waals surface area contributed by atoms with E-state index < -0.39 is 0 Å². The molecule has 1 aromatic heterocycles. The average Bonchev–Trinajstić information content (AvgIpc) is 2.59. The predicted octanol–water partition coefficient (Wildman–Crippen LogP) is 4.16. The number of fused-ring (bicyclic) bond motifs is 1. The van der Waals surface area contributed by atoms with E-state index >= 15 is 0 Å². The second-order valence-corrected chi connectivity index (χ2v) is 6.61. The van der Waals surface area contributed by atoms with E-state index in [1.807, 2.05) is 66.7 Å². The molecular formula is C19H18N2OS. The first kappa shape index (κ1) is 15.6. The van der Waals surface area contributed by atoms with Crippen molar-refractivity contribution in [1.82, 2.24) is 9.88 Å². The highest BCUT2D eigenvalue weighted by atomic mass is 32.2. The van der Waals surface area contributed by atoms with Crippen LogP contribution >= 0.6 is 11.8 Å². The van der Waals surface area contributed by atoms with Gasteiger partial charge in [0, 0.05) is 19.5 Å². The van der Waals surface area contributed by atoms with Crippen LogP contribution in [0.1, 0.15) is 10.8 Å². The summed E-state index contributed by atoms with van der Waals surface area (Å²) in [6, 6.07) is 21.9. The number of carbonyl (C=O) groups is 1. The molecule has 3 nitrogen and oxygen atoms in total. The summed E-state index contributed by atoms with van der Waals surface area (Å²) in [4.78, 5) is 18.9. The lowest BCUT2D eigenvalue weighted by Gasteiger charge is -2.20. The van der Waals surface area contributed by atoms with E-state index in [1.165, 1.54) is 11.8 Å². The monoisotopic (exact) mass is 322 g/mol. The second kappa shape index (κ2) is 6.84. The van der Waals surface area contributed by atoms with Gasteiger partial charge in [0.15, 0.2) is 0 Å². The van der Waals surface area contributed by atoms with Crippen molar-refractivity contribution in [3.05, 3.63) is 72.3 Å².